The van der Waals surface area contributed by atoms with Crippen LogP contribution in [0.5, 0.6) is 0 Å². The highest BCUT2D eigenvalue weighted by atomic mass is 19.4. The number of nitrogens with one attached hydrogen (secondary N) is 1. The van der Waals surface area contributed by atoms with Crippen molar-refractivity contribution in [3.63, 3.8) is 0 Å². The molecule has 2 fully saturated rings. The molecule has 7 nitrogen and oxygen atoms in total. The molecule has 0 bridgehead atoms. The molecule has 4 aromatic rings. The number of fused-ring (bicyclic) bond motifs is 1. The first kappa shape index (κ1) is 23.7. The van der Waals surface area contributed by atoms with Gasteiger partial charge in [-0.25, -0.2) is 14.4 Å². The van der Waals surface area contributed by atoms with Crippen LogP contribution >= 0.6 is 0 Å². The van der Waals surface area contributed by atoms with Crippen LogP contribution in [0.2, 0.25) is 0 Å². The molecule has 2 aliphatic rings. The van der Waals surface area contributed by atoms with Crippen molar-refractivity contribution in [2.45, 2.75) is 25.1 Å². The molecule has 1 amide bonds. The van der Waals surface area contributed by atoms with E-state index in [0.717, 1.165) is 41.4 Å². The van der Waals surface area contributed by atoms with Gasteiger partial charge < -0.3 is 14.5 Å². The molecule has 6 rings (SSSR count). The van der Waals surface area contributed by atoms with E-state index in [1.807, 2.05) is 24.5 Å². The number of aromatic nitrogens is 4. The van der Waals surface area contributed by atoms with E-state index in [1.54, 1.807) is 6.33 Å². The summed E-state index contributed by atoms with van der Waals surface area (Å²) in [6, 6.07) is 7.49. The molecule has 1 aromatic carbocycles. The van der Waals surface area contributed by atoms with Crippen LogP contribution in [0.1, 0.15) is 28.8 Å². The lowest BCUT2D eigenvalue weighted by atomic mass is 9.96. The summed E-state index contributed by atoms with van der Waals surface area (Å²) in [4.78, 5) is 28.3. The van der Waals surface area contributed by atoms with Crippen LogP contribution in [-0.2, 0) is 6.18 Å². The van der Waals surface area contributed by atoms with Gasteiger partial charge >= 0.3 is 6.18 Å². The fourth-order valence-electron chi connectivity index (χ4n) is 5.22. The number of carbonyl (C=O) groups excluding carboxylic acids is 1. The van der Waals surface area contributed by atoms with Crippen molar-refractivity contribution < 1.29 is 22.4 Å². The maximum absolute atomic E-state index is 13.7. The first-order valence-electron chi connectivity index (χ1n) is 12.0. The quantitative estimate of drug-likeness (QED) is 0.407. The highest BCUT2D eigenvalue weighted by Crippen LogP contribution is 2.34. The standard InChI is InChI=1S/C26H23F4N6O/c27-17-1-2-22(26(28,29)30)21(11-17)25(37)34-9-5-18(6-10-34)36-13-19(14-36)35-8-4-16(12-35)23-20-3-7-31-24(20)33-15-32-23/h1-4,7-8,11-12,15,18H,5-6,9-10,13-14H2,(H,31,32,33). The van der Waals surface area contributed by atoms with Crippen LogP contribution in [-0.4, -0.2) is 67.4 Å². The molecule has 1 radical (unpaired) electrons. The normalized spacial score (nSPS) is 17.9. The molecule has 0 saturated carbocycles. The molecule has 0 spiro atoms. The molecular formula is C26H23F4N6O. The smallest absolute Gasteiger partial charge is 0.346 e. The Hall–Kier alpha value is -3.73. The minimum absolute atomic E-state index is 0.235. The van der Waals surface area contributed by atoms with Gasteiger partial charge in [-0.1, -0.05) is 0 Å². The van der Waals surface area contributed by atoms with Crippen LogP contribution in [0.3, 0.4) is 0 Å². The molecule has 0 unspecified atom stereocenters. The summed E-state index contributed by atoms with van der Waals surface area (Å²) in [6.07, 6.45) is 4.03. The second kappa shape index (κ2) is 8.98. The van der Waals surface area contributed by atoms with E-state index < -0.39 is 29.0 Å². The average Bonchev–Trinajstić information content (AvgIpc) is 3.52. The van der Waals surface area contributed by atoms with Crippen molar-refractivity contribution in [3.05, 3.63) is 78.2 Å². The van der Waals surface area contributed by atoms with Crippen molar-refractivity contribution >= 4 is 16.9 Å². The summed E-state index contributed by atoms with van der Waals surface area (Å²) < 4.78 is 55.8. The third kappa shape index (κ3) is 4.37. The zero-order valence-corrected chi connectivity index (χ0v) is 19.7. The predicted octanol–water partition coefficient (Wildman–Crippen LogP) is 4.58. The maximum Gasteiger partial charge on any atom is 0.417 e. The van der Waals surface area contributed by atoms with E-state index in [2.05, 4.69) is 30.6 Å². The minimum atomic E-state index is -4.72. The van der Waals surface area contributed by atoms with Gasteiger partial charge in [-0.3, -0.25) is 9.69 Å². The lowest BCUT2D eigenvalue weighted by Crippen LogP contribution is -2.56. The molecule has 191 valence electrons. The van der Waals surface area contributed by atoms with Crippen molar-refractivity contribution in [1.82, 2.24) is 29.3 Å². The summed E-state index contributed by atoms with van der Waals surface area (Å²) in [7, 11) is 0. The van der Waals surface area contributed by atoms with Gasteiger partial charge in [-0.2, -0.15) is 13.2 Å². The topological polar surface area (TPSA) is 70.1 Å². The number of aromatic amines is 1. The molecule has 2 aliphatic heterocycles. The number of carbonyl (C=O) groups is 1. The molecule has 11 heteroatoms. The number of halogens is 4. The van der Waals surface area contributed by atoms with Gasteiger partial charge in [0.15, 0.2) is 0 Å². The van der Waals surface area contributed by atoms with Gasteiger partial charge in [-0.15, -0.1) is 0 Å². The highest BCUT2D eigenvalue weighted by Gasteiger charge is 2.39. The van der Waals surface area contributed by atoms with E-state index in [4.69, 9.17) is 0 Å². The van der Waals surface area contributed by atoms with E-state index in [-0.39, 0.29) is 6.04 Å². The monoisotopic (exact) mass is 511 g/mol. The Labute approximate surface area is 209 Å². The largest absolute Gasteiger partial charge is 0.417 e. The van der Waals surface area contributed by atoms with Crippen molar-refractivity contribution in [3.8, 4) is 11.3 Å². The number of benzene rings is 1. The maximum atomic E-state index is 13.7. The zero-order chi connectivity index (χ0) is 25.7. The summed E-state index contributed by atoms with van der Waals surface area (Å²) in [5, 5.41) is 0.961. The van der Waals surface area contributed by atoms with Crippen LogP contribution in [0.15, 0.2) is 55.2 Å². The number of alkyl halides is 3. The predicted molar refractivity (Wildman–Crippen MR) is 128 cm³/mol. The van der Waals surface area contributed by atoms with Gasteiger partial charge in [0, 0.05) is 61.8 Å². The molecule has 37 heavy (non-hydrogen) atoms. The Kier molecular flexibility index (Phi) is 5.74. The molecule has 0 atom stereocenters. The summed E-state index contributed by atoms with van der Waals surface area (Å²) in [5.74, 6) is -1.64. The third-order valence-corrected chi connectivity index (χ3v) is 7.24. The minimum Gasteiger partial charge on any atom is -0.346 e. The fraction of sp³-hybridized carbons (Fsp3) is 0.308. The van der Waals surface area contributed by atoms with Crippen molar-refractivity contribution in [2.24, 2.45) is 0 Å². The highest BCUT2D eigenvalue weighted by molar-refractivity contribution is 5.96. The van der Waals surface area contributed by atoms with E-state index in [9.17, 15) is 22.4 Å². The number of H-pyrrole nitrogens is 1. The zero-order valence-electron chi connectivity index (χ0n) is 19.7. The van der Waals surface area contributed by atoms with E-state index in [0.29, 0.717) is 38.1 Å². The molecule has 5 heterocycles. The van der Waals surface area contributed by atoms with E-state index in [1.165, 1.54) is 10.9 Å². The van der Waals surface area contributed by atoms with Crippen LogP contribution in [0, 0.1) is 11.9 Å². The van der Waals surface area contributed by atoms with Gasteiger partial charge in [0.05, 0.1) is 22.9 Å². The number of amides is 1. The second-order valence-electron chi connectivity index (χ2n) is 9.45. The van der Waals surface area contributed by atoms with Gasteiger partial charge in [-0.05, 0) is 43.2 Å². The van der Waals surface area contributed by atoms with Gasteiger partial charge in [0.2, 0.25) is 0 Å². The van der Waals surface area contributed by atoms with Crippen molar-refractivity contribution in [1.29, 1.82) is 0 Å². The average molecular weight is 512 g/mol. The lowest BCUT2D eigenvalue weighted by molar-refractivity contribution is -0.138. The Morgan fingerprint density at radius 1 is 1.05 bits per heavy atom. The van der Waals surface area contributed by atoms with Crippen LogP contribution < -0.4 is 0 Å². The number of nitrogens with zero attached hydrogens (tertiary/aromatic N) is 5. The van der Waals surface area contributed by atoms with Crippen LogP contribution in [0.25, 0.3) is 22.3 Å². The first-order chi connectivity index (χ1) is 17.8. The van der Waals surface area contributed by atoms with Crippen molar-refractivity contribution in [2.75, 3.05) is 26.2 Å². The molecular weight excluding hydrogens is 488 g/mol. The molecule has 2 saturated heterocycles. The molecule has 0 aliphatic carbocycles. The molecule has 1 N–H and O–H groups in total. The van der Waals surface area contributed by atoms with E-state index >= 15 is 0 Å². The SMILES string of the molecule is O=C(c1cc(F)ccc1C(F)(F)F)N1CCC(N2C[C](n3ccc(-c4ncnc5[nH]ccc45)c3)C2)CC1. The number of likely N-dealkylation sites (tertiary alicyclic amines) is 2. The number of piperidine rings is 1. The number of hydrogen-bond acceptors (Lipinski definition) is 4. The summed E-state index contributed by atoms with van der Waals surface area (Å²) >= 11 is 0. The van der Waals surface area contributed by atoms with Crippen LogP contribution in [0.4, 0.5) is 17.6 Å². The summed E-state index contributed by atoms with van der Waals surface area (Å²) in [5.41, 5.74) is 0.922. The van der Waals surface area contributed by atoms with Gasteiger partial charge in [0.25, 0.3) is 5.91 Å². The Morgan fingerprint density at radius 3 is 2.59 bits per heavy atom. The van der Waals surface area contributed by atoms with Gasteiger partial charge in [0.1, 0.15) is 17.8 Å². The Morgan fingerprint density at radius 2 is 1.84 bits per heavy atom. The number of hydrogen-bond donors (Lipinski definition) is 1. The lowest BCUT2D eigenvalue weighted by Gasteiger charge is -2.47. The molecule has 3 aromatic heterocycles. The number of rotatable bonds is 4. The Bertz CT molecular complexity index is 1450. The third-order valence-electron chi connectivity index (χ3n) is 7.24. The Balaban J connectivity index is 1.06. The second-order valence-corrected chi connectivity index (χ2v) is 9.45. The summed E-state index contributed by atoms with van der Waals surface area (Å²) in [6.45, 7) is 2.21. The fourth-order valence-corrected chi connectivity index (χ4v) is 5.22. The first-order valence-corrected chi connectivity index (χ1v) is 12.0.